The van der Waals surface area contributed by atoms with E-state index >= 15 is 0 Å². The third-order valence-electron chi connectivity index (χ3n) is 6.73. The van der Waals surface area contributed by atoms with Gasteiger partial charge >= 0.3 is 0 Å². The number of sulfonamides is 1. The van der Waals surface area contributed by atoms with Crippen LogP contribution in [0.3, 0.4) is 0 Å². The first-order valence-corrected chi connectivity index (χ1v) is 11.2. The number of rotatable bonds is 6. The van der Waals surface area contributed by atoms with E-state index < -0.39 is 10.0 Å². The van der Waals surface area contributed by atoms with Crippen LogP contribution in [-0.2, 0) is 15.4 Å². The third-order valence-corrected chi connectivity index (χ3v) is 8.21. The lowest BCUT2D eigenvalue weighted by Crippen LogP contribution is -3.06. The predicted molar refractivity (Wildman–Crippen MR) is 99.2 cm³/mol. The second-order valence-electron chi connectivity index (χ2n) is 9.08. The van der Waals surface area contributed by atoms with Crippen molar-refractivity contribution in [1.29, 1.82) is 0 Å². The molecule has 0 unspecified atom stereocenters. The van der Waals surface area contributed by atoms with Crippen molar-refractivity contribution in [1.82, 2.24) is 4.72 Å². The standard InChI is InChI=1S/C20H30N2O2S/c1-22(2)8-7-21-25(23,24)19-5-3-18(4-6-19)20-12-15-9-16(13-20)11-17(10-15)14-20/h3-6,15-17,21H,7-14H2,1-2H3/p+1. The molecule has 1 aromatic rings. The van der Waals surface area contributed by atoms with Crippen molar-refractivity contribution in [2.75, 3.05) is 27.2 Å². The summed E-state index contributed by atoms with van der Waals surface area (Å²) in [6, 6.07) is 7.83. The van der Waals surface area contributed by atoms with Crippen molar-refractivity contribution in [3.8, 4) is 0 Å². The van der Waals surface area contributed by atoms with Crippen molar-refractivity contribution in [2.45, 2.75) is 48.8 Å². The highest BCUT2D eigenvalue weighted by atomic mass is 32.2. The van der Waals surface area contributed by atoms with E-state index in [1.807, 2.05) is 26.2 Å². The summed E-state index contributed by atoms with van der Waals surface area (Å²) in [6.07, 6.45) is 8.25. The first-order chi connectivity index (χ1) is 11.9. The first-order valence-electron chi connectivity index (χ1n) is 9.75. The molecule has 5 heteroatoms. The molecule has 4 nitrogen and oxygen atoms in total. The van der Waals surface area contributed by atoms with Gasteiger partial charge in [0.25, 0.3) is 0 Å². The van der Waals surface area contributed by atoms with E-state index in [4.69, 9.17) is 0 Å². The molecule has 5 rings (SSSR count). The second-order valence-corrected chi connectivity index (χ2v) is 10.8. The maximum absolute atomic E-state index is 12.5. The highest BCUT2D eigenvalue weighted by Crippen LogP contribution is 2.60. The summed E-state index contributed by atoms with van der Waals surface area (Å²) in [7, 11) is 0.653. The van der Waals surface area contributed by atoms with E-state index in [9.17, 15) is 8.42 Å². The van der Waals surface area contributed by atoms with Gasteiger partial charge in [-0.15, -0.1) is 0 Å². The molecular weight excluding hydrogens is 332 g/mol. The van der Waals surface area contributed by atoms with Crippen molar-refractivity contribution in [2.24, 2.45) is 17.8 Å². The molecule has 25 heavy (non-hydrogen) atoms. The van der Waals surface area contributed by atoms with Gasteiger partial charge in [0.2, 0.25) is 10.0 Å². The number of benzene rings is 1. The molecule has 0 aromatic heterocycles. The Morgan fingerprint density at radius 2 is 1.52 bits per heavy atom. The van der Waals surface area contributed by atoms with Crippen LogP contribution in [0.1, 0.15) is 44.1 Å². The van der Waals surface area contributed by atoms with Crippen molar-refractivity contribution in [3.05, 3.63) is 29.8 Å². The molecule has 4 saturated carbocycles. The zero-order valence-electron chi connectivity index (χ0n) is 15.4. The summed E-state index contributed by atoms with van der Waals surface area (Å²) >= 11 is 0. The third kappa shape index (κ3) is 3.38. The summed E-state index contributed by atoms with van der Waals surface area (Å²) in [5, 5.41) is 0. The van der Waals surface area contributed by atoms with E-state index in [0.29, 0.717) is 16.9 Å². The van der Waals surface area contributed by atoms with Crippen LogP contribution in [-0.4, -0.2) is 35.6 Å². The van der Waals surface area contributed by atoms with E-state index in [1.54, 1.807) is 0 Å². The van der Waals surface area contributed by atoms with Crippen LogP contribution < -0.4 is 9.62 Å². The van der Waals surface area contributed by atoms with E-state index in [0.717, 1.165) is 24.3 Å². The normalized spacial score (nSPS) is 34.0. The zero-order chi connectivity index (χ0) is 17.7. The van der Waals surface area contributed by atoms with Gasteiger partial charge < -0.3 is 4.90 Å². The summed E-state index contributed by atoms with van der Waals surface area (Å²) in [5.41, 5.74) is 1.71. The summed E-state index contributed by atoms with van der Waals surface area (Å²) in [6.45, 7) is 1.26. The van der Waals surface area contributed by atoms with Crippen LogP contribution in [0.5, 0.6) is 0 Å². The summed E-state index contributed by atoms with van der Waals surface area (Å²) < 4.78 is 27.6. The minimum absolute atomic E-state index is 0.332. The molecule has 4 aliphatic rings. The Morgan fingerprint density at radius 3 is 2.00 bits per heavy atom. The fourth-order valence-electron chi connectivity index (χ4n) is 5.97. The second kappa shape index (κ2) is 6.36. The monoisotopic (exact) mass is 363 g/mol. The molecule has 0 aliphatic heterocycles. The Labute approximate surface area is 152 Å². The van der Waals surface area contributed by atoms with E-state index in [2.05, 4.69) is 16.9 Å². The smallest absolute Gasteiger partial charge is 0.240 e. The average molecular weight is 364 g/mol. The van der Waals surface area contributed by atoms with Crippen LogP contribution in [0.25, 0.3) is 0 Å². The van der Waals surface area contributed by atoms with Gasteiger partial charge in [0.1, 0.15) is 0 Å². The van der Waals surface area contributed by atoms with E-state index in [1.165, 1.54) is 49.0 Å². The maximum atomic E-state index is 12.5. The lowest BCUT2D eigenvalue weighted by molar-refractivity contribution is -0.856. The zero-order valence-corrected chi connectivity index (χ0v) is 16.2. The van der Waals surface area contributed by atoms with Gasteiger partial charge in [0, 0.05) is 0 Å². The van der Waals surface area contributed by atoms with Gasteiger partial charge in [-0.3, -0.25) is 0 Å². The number of quaternary nitrogens is 1. The van der Waals surface area contributed by atoms with Gasteiger partial charge in [0.05, 0.1) is 32.1 Å². The Hall–Kier alpha value is -0.910. The van der Waals surface area contributed by atoms with E-state index in [-0.39, 0.29) is 0 Å². The first kappa shape index (κ1) is 17.5. The summed E-state index contributed by atoms with van der Waals surface area (Å²) in [5.74, 6) is 2.72. The number of nitrogens with one attached hydrogen (secondary N) is 2. The fraction of sp³-hybridized carbons (Fsp3) is 0.700. The van der Waals surface area contributed by atoms with Gasteiger partial charge in [-0.25, -0.2) is 13.1 Å². The molecule has 0 radical (unpaired) electrons. The SMILES string of the molecule is C[NH+](C)CCNS(=O)(=O)c1ccc(C23CC4CC(CC(C4)C2)C3)cc1. The molecule has 0 spiro atoms. The fourth-order valence-corrected chi connectivity index (χ4v) is 7.00. The minimum atomic E-state index is -3.39. The van der Waals surface area contributed by atoms with Crippen LogP contribution in [0, 0.1) is 17.8 Å². The number of likely N-dealkylation sites (N-methyl/N-ethyl adjacent to an activating group) is 1. The molecule has 4 bridgehead atoms. The molecule has 0 amide bonds. The van der Waals surface area contributed by atoms with Crippen LogP contribution in [0.2, 0.25) is 0 Å². The van der Waals surface area contributed by atoms with Crippen molar-refractivity contribution < 1.29 is 13.3 Å². The maximum Gasteiger partial charge on any atom is 0.240 e. The molecule has 0 saturated heterocycles. The van der Waals surface area contributed by atoms with Crippen LogP contribution in [0.15, 0.2) is 29.2 Å². The number of hydrogen-bond donors (Lipinski definition) is 2. The topological polar surface area (TPSA) is 50.6 Å². The largest absolute Gasteiger partial charge is 0.339 e. The molecular formula is C20H31N2O2S+. The highest BCUT2D eigenvalue weighted by Gasteiger charge is 2.51. The van der Waals surface area contributed by atoms with Crippen LogP contribution >= 0.6 is 0 Å². The minimum Gasteiger partial charge on any atom is -0.339 e. The van der Waals surface area contributed by atoms with Gasteiger partial charge in [-0.1, -0.05) is 12.1 Å². The number of hydrogen-bond acceptors (Lipinski definition) is 2. The lowest BCUT2D eigenvalue weighted by atomic mass is 9.48. The van der Waals surface area contributed by atoms with Gasteiger partial charge in [0.15, 0.2) is 0 Å². The Kier molecular flexibility index (Phi) is 4.45. The molecule has 0 heterocycles. The molecule has 138 valence electrons. The van der Waals surface area contributed by atoms with Crippen molar-refractivity contribution in [3.63, 3.8) is 0 Å². The highest BCUT2D eigenvalue weighted by molar-refractivity contribution is 7.89. The Balaban J connectivity index is 1.51. The summed E-state index contributed by atoms with van der Waals surface area (Å²) in [4.78, 5) is 1.63. The lowest BCUT2D eigenvalue weighted by Gasteiger charge is -2.57. The Bertz CT molecular complexity index is 689. The Morgan fingerprint density at radius 1 is 1.00 bits per heavy atom. The molecule has 4 aliphatic carbocycles. The van der Waals surface area contributed by atoms with Crippen molar-refractivity contribution >= 4 is 10.0 Å². The van der Waals surface area contributed by atoms with Gasteiger partial charge in [-0.2, -0.15) is 0 Å². The molecule has 1 aromatic carbocycles. The average Bonchev–Trinajstić information content (AvgIpc) is 2.53. The molecule has 0 atom stereocenters. The predicted octanol–water partition coefficient (Wildman–Crippen LogP) is 1.58. The van der Waals surface area contributed by atoms with Gasteiger partial charge in [-0.05, 0) is 79.4 Å². The molecule has 4 fully saturated rings. The molecule has 2 N–H and O–H groups in total. The van der Waals surface area contributed by atoms with Crippen LogP contribution in [0.4, 0.5) is 0 Å². The quantitative estimate of drug-likeness (QED) is 0.806.